The predicted octanol–water partition coefficient (Wildman–Crippen LogP) is 2.19. The van der Waals surface area contributed by atoms with Gasteiger partial charge in [-0.3, -0.25) is 4.79 Å². The molecule has 0 heterocycles. The summed E-state index contributed by atoms with van der Waals surface area (Å²) in [5.74, 6) is -3.54. The molecule has 2 aliphatic carbocycles. The predicted molar refractivity (Wildman–Crippen MR) is 58.0 cm³/mol. The molecule has 2 rings (SSSR count). The third kappa shape index (κ3) is 2.87. The van der Waals surface area contributed by atoms with Crippen molar-refractivity contribution in [1.29, 1.82) is 0 Å². The molecule has 1 N–H and O–H groups in total. The summed E-state index contributed by atoms with van der Waals surface area (Å²) >= 11 is -1.11. The van der Waals surface area contributed by atoms with Crippen LogP contribution in [-0.2, 0) is 23.7 Å². The van der Waals surface area contributed by atoms with Gasteiger partial charge in [0.1, 0.15) is 0 Å². The summed E-state index contributed by atoms with van der Waals surface area (Å²) in [5, 5.41) is 6.06. The van der Waals surface area contributed by atoms with Gasteiger partial charge in [-0.25, -0.2) is 14.4 Å². The Bertz CT molecular complexity index is 444. The van der Waals surface area contributed by atoms with Gasteiger partial charge >= 0.3 is 17.1 Å². The van der Waals surface area contributed by atoms with E-state index in [9.17, 15) is 27.2 Å². The van der Waals surface area contributed by atoms with Crippen LogP contribution in [0.3, 0.4) is 0 Å². The molecular weight excluding hydrogens is 324 g/mol. The van der Waals surface area contributed by atoms with Crippen molar-refractivity contribution in [1.82, 2.24) is 0 Å². The number of carbonyl (C=O) groups is 2. The zero-order valence-corrected chi connectivity index (χ0v) is 11.1. The number of esters is 1. The largest absolute Gasteiger partial charge is 0.451 e. The first kappa shape index (κ1) is 16.5. The second-order valence-corrected chi connectivity index (χ2v) is 5.68. The Morgan fingerprint density at radius 1 is 1.29 bits per heavy atom. The zero-order chi connectivity index (χ0) is 15.8. The highest BCUT2D eigenvalue weighted by molar-refractivity contribution is 7.96. The van der Waals surface area contributed by atoms with E-state index in [0.717, 1.165) is 0 Å². The van der Waals surface area contributed by atoms with Gasteiger partial charge in [0.2, 0.25) is 0 Å². The van der Waals surface area contributed by atoms with E-state index < -0.39 is 41.1 Å². The average molecular weight is 334 g/mol. The maximum atomic E-state index is 13.8. The molecule has 21 heavy (non-hydrogen) atoms. The zero-order valence-electron chi connectivity index (χ0n) is 10.3. The smallest absolute Gasteiger partial charge is 0.446 e. The van der Waals surface area contributed by atoms with E-state index in [2.05, 4.69) is 14.1 Å². The standard InChI is InChI=1S/C10H10F4O6S/c11-9(10(12,13)14,21-20-19-17)8(16)18-7-5-2-1-4(3-5)6(7)15/h4-5,7,17H,1-3H2. The Kier molecular flexibility index (Phi) is 4.47. The minimum atomic E-state index is -5.69. The Balaban J connectivity index is 2.10. The van der Waals surface area contributed by atoms with Gasteiger partial charge in [-0.05, 0) is 19.3 Å². The second kappa shape index (κ2) is 5.71. The van der Waals surface area contributed by atoms with Crippen LogP contribution in [0.1, 0.15) is 19.3 Å². The van der Waals surface area contributed by atoms with Gasteiger partial charge in [-0.15, -0.1) is 4.33 Å². The van der Waals surface area contributed by atoms with Crippen LogP contribution in [0, 0.1) is 11.8 Å². The van der Waals surface area contributed by atoms with Crippen molar-refractivity contribution in [3.8, 4) is 0 Å². The quantitative estimate of drug-likeness (QED) is 0.271. The number of halogens is 4. The SMILES string of the molecule is O=C1C2CCC(C2)C1OC(=O)C(F)(SOOO)C(F)(F)F. The number of ether oxygens (including phenoxy) is 1. The molecule has 0 spiro atoms. The molecule has 2 saturated carbocycles. The highest BCUT2D eigenvalue weighted by Crippen LogP contribution is 2.47. The van der Waals surface area contributed by atoms with Gasteiger partial charge in [-0.2, -0.15) is 13.2 Å². The summed E-state index contributed by atoms with van der Waals surface area (Å²) in [7, 11) is 0. The highest BCUT2D eigenvalue weighted by atomic mass is 32.2. The van der Waals surface area contributed by atoms with Crippen molar-refractivity contribution in [3.63, 3.8) is 0 Å². The van der Waals surface area contributed by atoms with Crippen molar-refractivity contribution in [3.05, 3.63) is 0 Å². The van der Waals surface area contributed by atoms with Crippen molar-refractivity contribution < 1.29 is 46.5 Å². The lowest BCUT2D eigenvalue weighted by molar-refractivity contribution is -0.433. The van der Waals surface area contributed by atoms with Crippen LogP contribution < -0.4 is 0 Å². The molecule has 0 aromatic carbocycles. The average Bonchev–Trinajstić information content (AvgIpc) is 2.98. The fourth-order valence-corrected chi connectivity index (χ4v) is 2.95. The van der Waals surface area contributed by atoms with Crippen LogP contribution in [0.5, 0.6) is 0 Å². The van der Waals surface area contributed by atoms with E-state index in [0.29, 0.717) is 19.3 Å². The molecule has 0 aromatic heterocycles. The number of alkyl halides is 4. The van der Waals surface area contributed by atoms with E-state index in [1.165, 1.54) is 0 Å². The lowest BCUT2D eigenvalue weighted by atomic mass is 9.96. The fraction of sp³-hybridized carbons (Fsp3) is 0.800. The maximum absolute atomic E-state index is 13.8. The van der Waals surface area contributed by atoms with Gasteiger partial charge < -0.3 is 4.74 Å². The molecule has 4 atom stereocenters. The number of Topliss-reactive ketones (excluding diaryl/α,β-unsaturated/α-hetero) is 1. The summed E-state index contributed by atoms with van der Waals surface area (Å²) in [6.45, 7) is 0. The van der Waals surface area contributed by atoms with Crippen LogP contribution in [0.2, 0.25) is 0 Å². The van der Waals surface area contributed by atoms with Crippen molar-refractivity contribution in [2.24, 2.45) is 11.8 Å². The second-order valence-electron chi connectivity index (χ2n) is 4.82. The van der Waals surface area contributed by atoms with Crippen molar-refractivity contribution in [2.75, 3.05) is 0 Å². The molecule has 0 aromatic rings. The first-order valence-corrected chi connectivity index (χ1v) is 6.61. The summed E-state index contributed by atoms with van der Waals surface area (Å²) in [6, 6.07) is 0. The number of ketones is 1. The molecule has 2 fully saturated rings. The van der Waals surface area contributed by atoms with Gasteiger partial charge in [0.15, 0.2) is 11.9 Å². The Hall–Kier alpha value is -0.910. The summed E-state index contributed by atoms with van der Waals surface area (Å²) in [6.07, 6.45) is -5.51. The summed E-state index contributed by atoms with van der Waals surface area (Å²) < 4.78 is 59.6. The van der Waals surface area contributed by atoms with E-state index in [1.54, 1.807) is 0 Å². The molecule has 0 saturated heterocycles. The minimum absolute atomic E-state index is 0.350. The normalized spacial score (nSPS) is 31.3. The first-order chi connectivity index (χ1) is 9.70. The van der Waals surface area contributed by atoms with E-state index >= 15 is 0 Å². The van der Waals surface area contributed by atoms with Gasteiger partial charge in [-0.1, -0.05) is 5.04 Å². The lowest BCUT2D eigenvalue weighted by Crippen LogP contribution is -2.49. The van der Waals surface area contributed by atoms with E-state index in [-0.39, 0.29) is 11.8 Å². The molecule has 120 valence electrons. The van der Waals surface area contributed by atoms with Gasteiger partial charge in [0.05, 0.1) is 12.0 Å². The Labute approximate surface area is 119 Å². The van der Waals surface area contributed by atoms with E-state index in [4.69, 9.17) is 5.26 Å². The highest BCUT2D eigenvalue weighted by Gasteiger charge is 2.67. The molecule has 2 bridgehead atoms. The van der Waals surface area contributed by atoms with E-state index in [1.807, 2.05) is 0 Å². The Morgan fingerprint density at radius 3 is 2.43 bits per heavy atom. The fourth-order valence-electron chi connectivity index (χ4n) is 2.62. The minimum Gasteiger partial charge on any atom is -0.451 e. The summed E-state index contributed by atoms with van der Waals surface area (Å²) in [5.41, 5.74) is 0. The van der Waals surface area contributed by atoms with Gasteiger partial charge in [0.25, 0.3) is 0 Å². The maximum Gasteiger partial charge on any atom is 0.446 e. The number of carbonyl (C=O) groups excluding carboxylic acids is 2. The number of hydrogen-bond acceptors (Lipinski definition) is 7. The van der Waals surface area contributed by atoms with Crippen LogP contribution in [0.15, 0.2) is 0 Å². The first-order valence-electron chi connectivity index (χ1n) is 5.87. The molecular formula is C10H10F4O6S. The van der Waals surface area contributed by atoms with Crippen LogP contribution >= 0.6 is 12.0 Å². The molecule has 11 heteroatoms. The lowest BCUT2D eigenvalue weighted by Gasteiger charge is -2.27. The topological polar surface area (TPSA) is 82.1 Å². The monoisotopic (exact) mass is 334 g/mol. The van der Waals surface area contributed by atoms with Gasteiger partial charge in [0, 0.05) is 11.8 Å². The third-order valence-electron chi connectivity index (χ3n) is 3.62. The number of fused-ring (bicyclic) bond motifs is 2. The van der Waals surface area contributed by atoms with Crippen LogP contribution in [0.25, 0.3) is 0 Å². The number of rotatable bonds is 5. The number of hydrogen-bond donors (Lipinski definition) is 1. The summed E-state index contributed by atoms with van der Waals surface area (Å²) in [4.78, 5) is 23.2. The molecule has 0 radical (unpaired) electrons. The molecule has 2 aliphatic rings. The Morgan fingerprint density at radius 2 is 1.95 bits per heavy atom. The van der Waals surface area contributed by atoms with Crippen LogP contribution in [0.4, 0.5) is 17.6 Å². The molecule has 0 amide bonds. The molecule has 4 unspecified atom stereocenters. The molecule has 0 aliphatic heterocycles. The van der Waals surface area contributed by atoms with Crippen molar-refractivity contribution >= 4 is 23.8 Å². The van der Waals surface area contributed by atoms with Crippen LogP contribution in [-0.4, -0.2) is 34.3 Å². The molecule has 6 nitrogen and oxygen atoms in total. The third-order valence-corrected chi connectivity index (χ3v) is 4.38. The van der Waals surface area contributed by atoms with Crippen molar-refractivity contribution in [2.45, 2.75) is 36.5 Å².